The van der Waals surface area contributed by atoms with Crippen LogP contribution in [-0.4, -0.2) is 64.4 Å². The molecule has 9 heterocycles. The van der Waals surface area contributed by atoms with Gasteiger partial charge in [0.25, 0.3) is 0 Å². The predicted molar refractivity (Wildman–Crippen MR) is 598 cm³/mol. The summed E-state index contributed by atoms with van der Waals surface area (Å²) in [7, 11) is 0. The van der Waals surface area contributed by atoms with E-state index in [9.17, 15) is 0 Å². The molecule has 0 aliphatic carbocycles. The summed E-state index contributed by atoms with van der Waals surface area (Å²) in [5.74, 6) is 7.44. The summed E-state index contributed by atoms with van der Waals surface area (Å²) in [6, 6.07) is 127. The molecule has 15 nitrogen and oxygen atoms in total. The quantitative estimate of drug-likeness (QED) is 0.126. The zero-order valence-corrected chi connectivity index (χ0v) is 85.9. The molecule has 0 amide bonds. The van der Waals surface area contributed by atoms with Crippen molar-refractivity contribution in [3.8, 4) is 108 Å². The third-order valence-corrected chi connectivity index (χ3v) is 26.2. The van der Waals surface area contributed by atoms with Crippen LogP contribution < -0.4 is 0 Å². The highest BCUT2D eigenvalue weighted by Crippen LogP contribution is 2.42. The van der Waals surface area contributed by atoms with E-state index < -0.39 is 0 Å². The monoisotopic (exact) mass is 1900 g/mol. The van der Waals surface area contributed by atoms with E-state index in [2.05, 4.69) is 327 Å². The van der Waals surface area contributed by atoms with Gasteiger partial charge in [0.1, 0.15) is 45.6 Å². The SMILES string of the molecule is CC(C)(C)c1ccc(-c2cccnc2)cc1.CC(C)(C)c1ccc(-c2ccncc2)cc1.CC(C)(C)c1cccc(-c2nc3ccccc3n2-c2ccccc2)c1.CC(C)(C)c1nc(-c2ccccc2)nc(-c2ccc3oc4ccccc4c3c2)n1.CC(C)(C)c1nc(-c2ccccc2)nc(-c2ccc3sc4ccccc4c3c2)n1.CC(C)(C)c1nc(-c2ccccc2)nc(-c2cccc3c2oc2ccccc23)n1. The maximum absolute atomic E-state index is 6.21. The van der Waals surface area contributed by atoms with E-state index in [1.165, 1.54) is 59.1 Å². The summed E-state index contributed by atoms with van der Waals surface area (Å²) in [5, 5.41) is 6.86. The largest absolute Gasteiger partial charge is 0.456 e. The first-order valence-electron chi connectivity index (χ1n) is 49.0. The average Bonchev–Trinajstić information content (AvgIpc) is 1.60. The molecule has 0 saturated carbocycles. The van der Waals surface area contributed by atoms with Gasteiger partial charge in [0.15, 0.2) is 34.9 Å². The second-order valence-electron chi connectivity index (χ2n) is 42.2. The Morgan fingerprint density at radius 2 is 0.625 bits per heavy atom. The Morgan fingerprint density at radius 1 is 0.229 bits per heavy atom. The number of rotatable bonds is 10. The Morgan fingerprint density at radius 3 is 1.15 bits per heavy atom. The van der Waals surface area contributed by atoms with Gasteiger partial charge in [0.05, 0.1) is 16.6 Å². The molecule has 0 aliphatic rings. The van der Waals surface area contributed by atoms with Crippen LogP contribution in [0.3, 0.4) is 0 Å². The van der Waals surface area contributed by atoms with Gasteiger partial charge in [-0.15, -0.1) is 11.3 Å². The molecule has 0 bridgehead atoms. The van der Waals surface area contributed by atoms with Gasteiger partial charge in [-0.25, -0.2) is 49.8 Å². The van der Waals surface area contributed by atoms with Crippen LogP contribution in [-0.2, 0) is 32.5 Å². The van der Waals surface area contributed by atoms with Crippen LogP contribution in [0.5, 0.6) is 0 Å². The van der Waals surface area contributed by atoms with E-state index >= 15 is 0 Å². The van der Waals surface area contributed by atoms with Gasteiger partial charge >= 0.3 is 0 Å². The number of furan rings is 2. The van der Waals surface area contributed by atoms with Gasteiger partial charge in [0.2, 0.25) is 0 Å². The van der Waals surface area contributed by atoms with Crippen molar-refractivity contribution in [2.75, 3.05) is 0 Å². The van der Waals surface area contributed by atoms with Crippen LogP contribution in [0.15, 0.2) is 404 Å². The molecule has 0 N–H and O–H groups in total. The normalized spacial score (nSPS) is 11.8. The molecule has 0 aliphatic heterocycles. The first-order chi connectivity index (χ1) is 69.2. The molecule has 0 spiro atoms. The molecule has 0 atom stereocenters. The number of para-hydroxylation sites is 6. The number of aromatic nitrogens is 13. The van der Waals surface area contributed by atoms with Crippen LogP contribution >= 0.6 is 11.3 Å². The molecule has 23 rings (SSSR count). The van der Waals surface area contributed by atoms with Crippen LogP contribution in [0.25, 0.3) is 183 Å². The van der Waals surface area contributed by atoms with E-state index in [0.717, 1.165) is 134 Å². The number of nitrogens with zero attached hydrogens (tertiary/aromatic N) is 13. The highest BCUT2D eigenvalue weighted by molar-refractivity contribution is 7.25. The Hall–Kier alpha value is -16.3. The van der Waals surface area contributed by atoms with Crippen molar-refractivity contribution in [3.05, 3.63) is 429 Å². The van der Waals surface area contributed by atoms with Gasteiger partial charge in [-0.3, -0.25) is 14.5 Å². The molecule has 0 fully saturated rings. The maximum atomic E-state index is 6.21. The summed E-state index contributed by atoms with van der Waals surface area (Å²) < 4.78 is 17.0. The maximum Gasteiger partial charge on any atom is 0.167 e. The Labute approximate surface area is 847 Å². The van der Waals surface area contributed by atoms with Crippen molar-refractivity contribution < 1.29 is 8.83 Å². The van der Waals surface area contributed by atoms with E-state index in [-0.39, 0.29) is 32.5 Å². The van der Waals surface area contributed by atoms with Crippen molar-refractivity contribution in [2.45, 2.75) is 157 Å². The standard InChI is InChI=1S/2C25H21N3O.C25H21N3S.C23H22N2.2C15H17N/c1-25(2,3)24-27-22(16-10-5-4-6-11-16)26-23(28-24)19-14-9-13-18-17-12-7-8-15-20(17)29-21(18)19;2*1-25(2,3)24-27-22(16-9-5-4-6-10-16)26-23(28-24)17-13-14-21-19(15-17)18-11-7-8-12-20(18)29-21;1-23(2,3)18-11-9-10-17(16-18)22-24-20-14-7-8-15-21(20)25(22)19-12-5-4-6-13-19;1-15(2,3)14-6-4-12(5-7-14)13-8-10-16-11-9-13;1-15(2,3)14-8-6-12(7-9-14)13-5-4-10-16-11-13/h3*4-15H,1-3H3;4-16H,1-3H3;2*4-11H,1-3H3. The minimum Gasteiger partial charge on any atom is -0.456 e. The van der Waals surface area contributed by atoms with Crippen LogP contribution in [0.1, 0.15) is 159 Å². The van der Waals surface area contributed by atoms with Crippen molar-refractivity contribution in [2.24, 2.45) is 0 Å². The fraction of sp³-hybridized carbons (Fsp3) is 0.188. The lowest BCUT2D eigenvalue weighted by atomic mass is 9.86. The minimum absolute atomic E-state index is 0.111. The second kappa shape index (κ2) is 41.5. The van der Waals surface area contributed by atoms with E-state index in [1.54, 1.807) is 6.20 Å². The number of pyridine rings is 2. The minimum atomic E-state index is -0.205. The number of fused-ring (bicyclic) bond motifs is 10. The third-order valence-electron chi connectivity index (χ3n) is 25.0. The predicted octanol–water partition coefficient (Wildman–Crippen LogP) is 33.8. The van der Waals surface area contributed by atoms with Crippen molar-refractivity contribution >= 4 is 86.4 Å². The zero-order chi connectivity index (χ0) is 101. The topological polar surface area (TPSA) is 186 Å². The Bertz CT molecular complexity index is 8080. The highest BCUT2D eigenvalue weighted by atomic mass is 32.1. The van der Waals surface area contributed by atoms with Gasteiger partial charge in [-0.2, -0.15) is 0 Å². The lowest BCUT2D eigenvalue weighted by molar-refractivity contribution is 0.543. The first-order valence-corrected chi connectivity index (χ1v) is 49.8. The molecule has 0 radical (unpaired) electrons. The molecule has 144 heavy (non-hydrogen) atoms. The van der Waals surface area contributed by atoms with Crippen LogP contribution in [0.2, 0.25) is 0 Å². The summed E-state index contributed by atoms with van der Waals surface area (Å²) in [4.78, 5) is 56.4. The van der Waals surface area contributed by atoms with E-state index in [0.29, 0.717) is 23.3 Å². The van der Waals surface area contributed by atoms with Crippen molar-refractivity contribution in [3.63, 3.8) is 0 Å². The van der Waals surface area contributed by atoms with Crippen LogP contribution in [0, 0.1) is 0 Å². The summed E-state index contributed by atoms with van der Waals surface area (Å²) in [5.41, 5.74) is 22.5. The molecular weight excluding hydrogens is 1780 g/mol. The molecule has 23 aromatic rings. The molecule has 14 aromatic carbocycles. The summed E-state index contributed by atoms with van der Waals surface area (Å²) >= 11 is 1.82. The lowest BCUT2D eigenvalue weighted by Gasteiger charge is -2.20. The molecular formula is C128H119N13O2S. The van der Waals surface area contributed by atoms with Crippen molar-refractivity contribution in [1.82, 2.24) is 64.4 Å². The smallest absolute Gasteiger partial charge is 0.167 e. The number of imidazole rings is 1. The first kappa shape index (κ1) is 97.9. The molecule has 9 aromatic heterocycles. The Balaban J connectivity index is 0.000000115. The number of benzene rings is 14. The van der Waals surface area contributed by atoms with E-state index in [4.69, 9.17) is 58.7 Å². The van der Waals surface area contributed by atoms with Crippen molar-refractivity contribution in [1.29, 1.82) is 0 Å². The molecule has 16 heteroatoms. The number of thiophene rings is 1. The highest BCUT2D eigenvalue weighted by Gasteiger charge is 2.28. The Kier molecular flexibility index (Phi) is 28.2. The third kappa shape index (κ3) is 22.7. The van der Waals surface area contributed by atoms with Crippen LogP contribution in [0.4, 0.5) is 0 Å². The fourth-order valence-corrected chi connectivity index (χ4v) is 18.0. The number of hydrogen-bond donors (Lipinski definition) is 0. The molecule has 714 valence electrons. The molecule has 0 saturated heterocycles. The second-order valence-corrected chi connectivity index (χ2v) is 43.3. The summed E-state index contributed by atoms with van der Waals surface area (Å²) in [6.45, 7) is 39.2. The lowest BCUT2D eigenvalue weighted by Crippen LogP contribution is -2.18. The van der Waals surface area contributed by atoms with Gasteiger partial charge < -0.3 is 8.83 Å². The van der Waals surface area contributed by atoms with Gasteiger partial charge in [-0.05, 0) is 164 Å². The zero-order valence-electron chi connectivity index (χ0n) is 85.1. The fourth-order valence-electron chi connectivity index (χ4n) is 16.9. The molecule has 0 unspecified atom stereocenters. The summed E-state index contributed by atoms with van der Waals surface area (Å²) in [6.07, 6.45) is 7.35. The van der Waals surface area contributed by atoms with Gasteiger partial charge in [0, 0.05) is 122 Å². The average molecular weight is 1900 g/mol. The van der Waals surface area contributed by atoms with Gasteiger partial charge in [-0.1, -0.05) is 385 Å². The number of hydrogen-bond acceptors (Lipinski definition) is 15. The van der Waals surface area contributed by atoms with E-state index in [1.807, 2.05) is 212 Å².